The molecule has 30 heavy (non-hydrogen) atoms. The molecule has 2 saturated heterocycles. The summed E-state index contributed by atoms with van der Waals surface area (Å²) in [6.07, 6.45) is -0.574. The second kappa shape index (κ2) is 9.62. The summed E-state index contributed by atoms with van der Waals surface area (Å²) < 4.78 is 17.6. The molecule has 9 nitrogen and oxygen atoms in total. The lowest BCUT2D eigenvalue weighted by Crippen LogP contribution is -2.59. The fourth-order valence-corrected chi connectivity index (χ4v) is 5.91. The topological polar surface area (TPSA) is 124 Å². The third-order valence-electron chi connectivity index (χ3n) is 5.48. The predicted octanol–water partition coefficient (Wildman–Crippen LogP) is 2.69. The Labute approximate surface area is 175 Å². The number of aryl methyl sites for hydroxylation is 1. The fourth-order valence-electron chi connectivity index (χ4n) is 4.05. The Morgan fingerprint density at radius 1 is 1.20 bits per heavy atom. The van der Waals surface area contributed by atoms with Gasteiger partial charge >= 0.3 is 6.16 Å². The minimum Gasteiger partial charge on any atom is -0.450 e. The molecule has 1 unspecified atom stereocenters. The Morgan fingerprint density at radius 2 is 1.93 bits per heavy atom. The van der Waals surface area contributed by atoms with E-state index >= 15 is 0 Å². The summed E-state index contributed by atoms with van der Waals surface area (Å²) in [5.74, 6) is -1.66. The van der Waals surface area contributed by atoms with Gasteiger partial charge in [0.05, 0.1) is 0 Å². The molecular weight excluding hydrogens is 411 g/mol. The monoisotopic (exact) mass is 438 g/mol. The first kappa shape index (κ1) is 22.3. The van der Waals surface area contributed by atoms with E-state index in [0.717, 1.165) is 10.6 Å². The molecule has 0 aromatic heterocycles. The highest BCUT2D eigenvalue weighted by Gasteiger charge is 2.44. The molecular formula is C20H27N2O7P. The third kappa shape index (κ3) is 5.61. The lowest BCUT2D eigenvalue weighted by molar-refractivity contribution is -0.196. The molecule has 3 rings (SSSR count). The van der Waals surface area contributed by atoms with Crippen LogP contribution >= 0.6 is 7.37 Å². The van der Waals surface area contributed by atoms with E-state index in [-0.39, 0.29) is 37.5 Å². The van der Waals surface area contributed by atoms with Crippen LogP contribution in [-0.4, -0.2) is 63.1 Å². The standard InChI is InChI=1S/C20H27N2O7P/c23-17-11-10-16(14-30(27,28)13-5-8-15-6-2-1-3-7-15)19(24)22-18(29-20(25)26)9-4-12-21(17)22/h1-3,6-7,16,18H,4-5,8-14H2,(H,25,26)(H,27,28)/t16-,18+/m1/s1. The van der Waals surface area contributed by atoms with E-state index in [2.05, 4.69) is 0 Å². The summed E-state index contributed by atoms with van der Waals surface area (Å²) in [6, 6.07) is 9.64. The Balaban J connectivity index is 1.67. The fraction of sp³-hybridized carbons (Fsp3) is 0.550. The first-order valence-corrected chi connectivity index (χ1v) is 12.2. The van der Waals surface area contributed by atoms with Crippen LogP contribution < -0.4 is 0 Å². The quantitative estimate of drug-likeness (QED) is 0.495. The highest BCUT2D eigenvalue weighted by atomic mass is 31.2. The first-order valence-electron chi connectivity index (χ1n) is 10.1. The van der Waals surface area contributed by atoms with Crippen LogP contribution in [0.4, 0.5) is 4.79 Å². The molecule has 2 aliphatic rings. The molecule has 2 heterocycles. The van der Waals surface area contributed by atoms with E-state index < -0.39 is 31.6 Å². The molecule has 2 aliphatic heterocycles. The van der Waals surface area contributed by atoms with Crippen molar-refractivity contribution in [3.63, 3.8) is 0 Å². The maximum absolute atomic E-state index is 13.1. The minimum absolute atomic E-state index is 0.0662. The Morgan fingerprint density at radius 3 is 2.63 bits per heavy atom. The number of amides is 2. The van der Waals surface area contributed by atoms with Crippen LogP contribution in [-0.2, 0) is 25.3 Å². The van der Waals surface area contributed by atoms with Crippen LogP contribution in [0.5, 0.6) is 0 Å². The number of carbonyl (C=O) groups is 3. The normalized spacial score (nSPS) is 24.0. The summed E-state index contributed by atoms with van der Waals surface area (Å²) in [5.41, 5.74) is 1.08. The number of hydrogen-bond donors (Lipinski definition) is 2. The summed E-state index contributed by atoms with van der Waals surface area (Å²) in [4.78, 5) is 47.1. The average molecular weight is 438 g/mol. The van der Waals surface area contributed by atoms with Gasteiger partial charge in [0.25, 0.3) is 0 Å². The van der Waals surface area contributed by atoms with Crippen LogP contribution in [0, 0.1) is 5.92 Å². The Bertz CT molecular complexity index is 832. The van der Waals surface area contributed by atoms with Crippen molar-refractivity contribution < 1.29 is 33.7 Å². The number of carbonyl (C=O) groups excluding carboxylic acids is 2. The van der Waals surface area contributed by atoms with Crippen LogP contribution in [0.2, 0.25) is 0 Å². The number of hydrogen-bond acceptors (Lipinski definition) is 5. The zero-order chi connectivity index (χ0) is 21.7. The van der Waals surface area contributed by atoms with Crippen molar-refractivity contribution in [2.75, 3.05) is 18.9 Å². The van der Waals surface area contributed by atoms with E-state index in [1.165, 1.54) is 5.01 Å². The zero-order valence-electron chi connectivity index (χ0n) is 16.7. The van der Waals surface area contributed by atoms with Crippen LogP contribution in [0.25, 0.3) is 0 Å². The van der Waals surface area contributed by atoms with Gasteiger partial charge in [-0.05, 0) is 31.2 Å². The van der Waals surface area contributed by atoms with Crippen molar-refractivity contribution in [3.8, 4) is 0 Å². The molecule has 0 saturated carbocycles. The van der Waals surface area contributed by atoms with Crippen LogP contribution in [0.3, 0.4) is 0 Å². The lowest BCUT2D eigenvalue weighted by Gasteiger charge is -2.42. The van der Waals surface area contributed by atoms with Gasteiger partial charge in [-0.1, -0.05) is 30.3 Å². The average Bonchev–Trinajstić information content (AvgIpc) is 2.81. The molecule has 1 aromatic carbocycles. The van der Waals surface area contributed by atoms with E-state index in [1.54, 1.807) is 0 Å². The number of hydrazine groups is 1. The van der Waals surface area contributed by atoms with Gasteiger partial charge in [-0.25, -0.2) is 14.8 Å². The molecule has 2 N–H and O–H groups in total. The summed E-state index contributed by atoms with van der Waals surface area (Å²) in [7, 11) is -3.60. The second-order valence-electron chi connectivity index (χ2n) is 7.76. The number of nitrogens with zero attached hydrogens (tertiary/aromatic N) is 2. The first-order chi connectivity index (χ1) is 14.3. The molecule has 1 aromatic rings. The van der Waals surface area contributed by atoms with E-state index in [4.69, 9.17) is 9.84 Å². The summed E-state index contributed by atoms with van der Waals surface area (Å²) in [6.45, 7) is 0.296. The Hall–Kier alpha value is -2.38. The largest absolute Gasteiger partial charge is 0.507 e. The van der Waals surface area contributed by atoms with Gasteiger partial charge in [-0.2, -0.15) is 0 Å². The zero-order valence-corrected chi connectivity index (χ0v) is 17.6. The van der Waals surface area contributed by atoms with Gasteiger partial charge < -0.3 is 14.7 Å². The lowest BCUT2D eigenvalue weighted by atomic mass is 10.0. The number of rotatable bonds is 7. The van der Waals surface area contributed by atoms with Gasteiger partial charge in [0.15, 0.2) is 6.23 Å². The SMILES string of the molecule is O=C(O)O[C@H]1CCCN2C(=O)CC[C@H](CP(=O)(O)CCCc3ccccc3)C(=O)N12. The highest BCUT2D eigenvalue weighted by molar-refractivity contribution is 7.58. The van der Waals surface area contributed by atoms with Crippen LogP contribution in [0.1, 0.15) is 37.7 Å². The van der Waals surface area contributed by atoms with Crippen molar-refractivity contribution >= 4 is 25.3 Å². The molecule has 0 spiro atoms. The van der Waals surface area contributed by atoms with Crippen molar-refractivity contribution in [3.05, 3.63) is 35.9 Å². The smallest absolute Gasteiger partial charge is 0.450 e. The molecule has 0 radical (unpaired) electrons. The van der Waals surface area contributed by atoms with Gasteiger partial charge in [0.1, 0.15) is 0 Å². The third-order valence-corrected chi connectivity index (χ3v) is 7.51. The van der Waals surface area contributed by atoms with Crippen molar-refractivity contribution in [2.45, 2.75) is 44.8 Å². The van der Waals surface area contributed by atoms with Crippen LogP contribution in [0.15, 0.2) is 30.3 Å². The van der Waals surface area contributed by atoms with Gasteiger partial charge in [0, 0.05) is 37.6 Å². The summed E-state index contributed by atoms with van der Waals surface area (Å²) >= 11 is 0. The number of ether oxygens (including phenoxy) is 1. The predicted molar refractivity (Wildman–Crippen MR) is 108 cm³/mol. The molecule has 2 amide bonds. The molecule has 0 bridgehead atoms. The summed E-state index contributed by atoms with van der Waals surface area (Å²) in [5, 5.41) is 11.3. The highest BCUT2D eigenvalue weighted by Crippen LogP contribution is 2.45. The molecule has 0 aliphatic carbocycles. The van der Waals surface area contributed by atoms with Gasteiger partial charge in [0.2, 0.25) is 19.2 Å². The van der Waals surface area contributed by atoms with E-state index in [0.29, 0.717) is 25.8 Å². The van der Waals surface area contributed by atoms with Crippen molar-refractivity contribution in [2.24, 2.45) is 5.92 Å². The maximum atomic E-state index is 13.1. The second-order valence-corrected chi connectivity index (χ2v) is 10.3. The van der Waals surface area contributed by atoms with E-state index in [1.807, 2.05) is 30.3 Å². The minimum atomic E-state index is -3.60. The van der Waals surface area contributed by atoms with Crippen molar-refractivity contribution in [1.82, 2.24) is 10.0 Å². The molecule has 3 atom stereocenters. The van der Waals surface area contributed by atoms with Gasteiger partial charge in [-0.3, -0.25) is 14.2 Å². The maximum Gasteiger partial charge on any atom is 0.507 e. The van der Waals surface area contributed by atoms with Gasteiger partial charge in [-0.15, -0.1) is 0 Å². The Kier molecular flexibility index (Phi) is 7.15. The van der Waals surface area contributed by atoms with Crippen molar-refractivity contribution in [1.29, 1.82) is 0 Å². The number of benzene rings is 1. The number of fused-ring (bicyclic) bond motifs is 1. The molecule has 10 heteroatoms. The van der Waals surface area contributed by atoms with E-state index in [9.17, 15) is 23.8 Å². The molecule has 164 valence electrons. The molecule has 2 fully saturated rings. The number of carboxylic acid groups (broad SMARTS) is 1.